The molecule has 168 valence electrons. The molecule has 1 saturated heterocycles. The van der Waals surface area contributed by atoms with E-state index in [0.29, 0.717) is 17.3 Å². The quantitative estimate of drug-likeness (QED) is 0.554. The number of aromatic nitrogens is 2. The zero-order valence-corrected chi connectivity index (χ0v) is 19.0. The molecule has 2 heterocycles. The molecule has 0 aliphatic carbocycles. The van der Waals surface area contributed by atoms with Crippen LogP contribution in [0.2, 0.25) is 0 Å². The van der Waals surface area contributed by atoms with Gasteiger partial charge < -0.3 is 14.2 Å². The Morgan fingerprint density at radius 3 is 2.81 bits per heavy atom. The van der Waals surface area contributed by atoms with E-state index in [1.165, 1.54) is 18.4 Å². The molecule has 3 aromatic rings. The van der Waals surface area contributed by atoms with E-state index in [9.17, 15) is 4.79 Å². The smallest absolute Gasteiger partial charge is 0.254 e. The van der Waals surface area contributed by atoms with Crippen molar-refractivity contribution in [2.45, 2.75) is 32.9 Å². The Labute approximate surface area is 189 Å². The van der Waals surface area contributed by atoms with Gasteiger partial charge in [-0.2, -0.15) is 4.98 Å². The van der Waals surface area contributed by atoms with Crippen LogP contribution in [0.15, 0.2) is 53.1 Å². The number of benzene rings is 2. The lowest BCUT2D eigenvalue weighted by atomic mass is 9.99. The van der Waals surface area contributed by atoms with Crippen molar-refractivity contribution in [3.05, 3.63) is 65.5 Å². The van der Waals surface area contributed by atoms with E-state index < -0.39 is 0 Å². The summed E-state index contributed by atoms with van der Waals surface area (Å²) in [5, 5.41) is 4.04. The lowest BCUT2D eigenvalue weighted by Crippen LogP contribution is -2.33. The summed E-state index contributed by atoms with van der Waals surface area (Å²) in [7, 11) is 3.35. The lowest BCUT2D eigenvalue weighted by Gasteiger charge is -2.30. The molecule has 1 fully saturated rings. The van der Waals surface area contributed by atoms with E-state index in [1.54, 1.807) is 19.1 Å². The molecule has 0 N–H and O–H groups in total. The Morgan fingerprint density at radius 1 is 1.25 bits per heavy atom. The van der Waals surface area contributed by atoms with Crippen molar-refractivity contribution in [3.8, 4) is 17.1 Å². The number of amides is 1. The molecule has 1 atom stereocenters. The highest BCUT2D eigenvalue weighted by Crippen LogP contribution is 2.22. The summed E-state index contributed by atoms with van der Waals surface area (Å²) in [5.74, 6) is 2.25. The molecule has 1 unspecified atom stereocenters. The fraction of sp³-hybridized carbons (Fsp3) is 0.400. The van der Waals surface area contributed by atoms with Crippen LogP contribution < -0.4 is 4.74 Å². The summed E-state index contributed by atoms with van der Waals surface area (Å²) >= 11 is 0. The van der Waals surface area contributed by atoms with Crippen LogP contribution in [0.5, 0.6) is 5.75 Å². The molecule has 32 heavy (non-hydrogen) atoms. The van der Waals surface area contributed by atoms with E-state index in [0.717, 1.165) is 36.9 Å². The number of piperidine rings is 1. The standard InChI is InChI=1S/C25H30N4O3/c1-18-6-5-13-29(15-18)16-19-9-11-20(12-10-19)25(30)28(2)17-23-26-24(27-32-23)21-7-4-8-22(14-21)31-3/h4,7-12,14,18H,5-6,13,15-17H2,1-3H3. The molecule has 1 aromatic heterocycles. The average molecular weight is 435 g/mol. The van der Waals surface area contributed by atoms with Gasteiger partial charge in [0.15, 0.2) is 0 Å². The number of hydrogen-bond donors (Lipinski definition) is 0. The minimum Gasteiger partial charge on any atom is -0.497 e. The molecule has 0 spiro atoms. The van der Waals surface area contributed by atoms with Crippen LogP contribution in [-0.4, -0.2) is 53.1 Å². The molecule has 7 heteroatoms. The maximum atomic E-state index is 12.9. The van der Waals surface area contributed by atoms with Gasteiger partial charge in [0.05, 0.1) is 13.7 Å². The highest BCUT2D eigenvalue weighted by molar-refractivity contribution is 5.94. The van der Waals surface area contributed by atoms with Gasteiger partial charge in [-0.1, -0.05) is 36.3 Å². The number of methoxy groups -OCH3 is 1. The second kappa shape index (κ2) is 9.96. The molecule has 0 saturated carbocycles. The topological polar surface area (TPSA) is 71.7 Å². The van der Waals surface area contributed by atoms with Gasteiger partial charge in [0.1, 0.15) is 5.75 Å². The Kier molecular flexibility index (Phi) is 6.85. The van der Waals surface area contributed by atoms with Crippen LogP contribution in [0.3, 0.4) is 0 Å². The van der Waals surface area contributed by atoms with Crippen LogP contribution in [0.1, 0.15) is 41.6 Å². The largest absolute Gasteiger partial charge is 0.497 e. The highest BCUT2D eigenvalue weighted by Gasteiger charge is 2.18. The van der Waals surface area contributed by atoms with E-state index in [-0.39, 0.29) is 12.5 Å². The number of likely N-dealkylation sites (tertiary alicyclic amines) is 1. The van der Waals surface area contributed by atoms with Crippen molar-refractivity contribution >= 4 is 5.91 Å². The van der Waals surface area contributed by atoms with Crippen LogP contribution in [0.25, 0.3) is 11.4 Å². The summed E-state index contributed by atoms with van der Waals surface area (Å²) in [4.78, 5) is 21.4. The van der Waals surface area contributed by atoms with Gasteiger partial charge in [-0.3, -0.25) is 9.69 Å². The first kappa shape index (κ1) is 22.0. The second-order valence-electron chi connectivity index (χ2n) is 8.58. The fourth-order valence-corrected chi connectivity index (χ4v) is 4.13. The summed E-state index contributed by atoms with van der Waals surface area (Å²) < 4.78 is 10.6. The van der Waals surface area contributed by atoms with E-state index in [2.05, 4.69) is 22.0 Å². The fourth-order valence-electron chi connectivity index (χ4n) is 4.13. The monoisotopic (exact) mass is 434 g/mol. The van der Waals surface area contributed by atoms with Gasteiger partial charge in [0, 0.05) is 31.3 Å². The van der Waals surface area contributed by atoms with Crippen molar-refractivity contribution in [1.82, 2.24) is 19.9 Å². The van der Waals surface area contributed by atoms with Crippen molar-refractivity contribution in [3.63, 3.8) is 0 Å². The summed E-state index contributed by atoms with van der Waals surface area (Å²) in [6.07, 6.45) is 2.58. The predicted molar refractivity (Wildman–Crippen MR) is 122 cm³/mol. The van der Waals surface area contributed by atoms with Crippen LogP contribution >= 0.6 is 0 Å². The Balaban J connectivity index is 1.36. The van der Waals surface area contributed by atoms with Crippen molar-refractivity contribution < 1.29 is 14.1 Å². The van der Waals surface area contributed by atoms with Gasteiger partial charge >= 0.3 is 0 Å². The normalized spacial score (nSPS) is 16.7. The minimum absolute atomic E-state index is 0.0794. The first-order valence-corrected chi connectivity index (χ1v) is 11.1. The van der Waals surface area contributed by atoms with Crippen LogP contribution in [0.4, 0.5) is 0 Å². The first-order valence-electron chi connectivity index (χ1n) is 11.1. The second-order valence-corrected chi connectivity index (χ2v) is 8.58. The van der Waals surface area contributed by atoms with Gasteiger partial charge in [-0.25, -0.2) is 0 Å². The number of hydrogen-bond acceptors (Lipinski definition) is 6. The number of ether oxygens (including phenoxy) is 1. The van der Waals surface area contributed by atoms with Crippen molar-refractivity contribution in [2.24, 2.45) is 5.92 Å². The summed E-state index contributed by atoms with van der Waals surface area (Å²) in [6.45, 7) is 5.78. The SMILES string of the molecule is COc1cccc(-c2noc(CN(C)C(=O)c3ccc(CN4CCCC(C)C4)cc3)n2)c1. The zero-order valence-electron chi connectivity index (χ0n) is 19.0. The predicted octanol–water partition coefficient (Wildman–Crippen LogP) is 4.25. The van der Waals surface area contributed by atoms with Crippen LogP contribution in [-0.2, 0) is 13.1 Å². The Morgan fingerprint density at radius 2 is 2.06 bits per heavy atom. The minimum atomic E-state index is -0.0794. The average Bonchev–Trinajstić information content (AvgIpc) is 3.27. The third kappa shape index (κ3) is 5.34. The molecular formula is C25H30N4O3. The molecule has 1 aliphatic rings. The number of carbonyl (C=O) groups is 1. The maximum absolute atomic E-state index is 12.9. The molecular weight excluding hydrogens is 404 g/mol. The maximum Gasteiger partial charge on any atom is 0.254 e. The lowest BCUT2D eigenvalue weighted by molar-refractivity contribution is 0.0769. The Bertz CT molecular complexity index is 1050. The van der Waals surface area contributed by atoms with Crippen molar-refractivity contribution in [2.75, 3.05) is 27.2 Å². The molecule has 1 amide bonds. The van der Waals surface area contributed by atoms with Gasteiger partial charge in [0.2, 0.25) is 11.7 Å². The molecule has 0 radical (unpaired) electrons. The van der Waals surface area contributed by atoms with E-state index in [1.807, 2.05) is 48.5 Å². The van der Waals surface area contributed by atoms with Gasteiger partial charge in [0.25, 0.3) is 5.91 Å². The molecule has 7 nitrogen and oxygen atoms in total. The zero-order chi connectivity index (χ0) is 22.5. The highest BCUT2D eigenvalue weighted by atomic mass is 16.5. The molecule has 0 bridgehead atoms. The third-order valence-electron chi connectivity index (χ3n) is 5.86. The number of carbonyl (C=O) groups excluding carboxylic acids is 1. The van der Waals surface area contributed by atoms with E-state index >= 15 is 0 Å². The number of rotatable bonds is 7. The summed E-state index contributed by atoms with van der Waals surface area (Å²) in [6, 6.07) is 15.4. The van der Waals surface area contributed by atoms with Crippen molar-refractivity contribution in [1.29, 1.82) is 0 Å². The molecule has 4 rings (SSSR count). The number of nitrogens with zero attached hydrogens (tertiary/aromatic N) is 4. The van der Waals surface area contributed by atoms with E-state index in [4.69, 9.17) is 9.26 Å². The molecule has 1 aliphatic heterocycles. The van der Waals surface area contributed by atoms with Crippen LogP contribution in [0, 0.1) is 5.92 Å². The third-order valence-corrected chi connectivity index (χ3v) is 5.86. The molecule has 2 aromatic carbocycles. The van der Waals surface area contributed by atoms with Gasteiger partial charge in [-0.15, -0.1) is 0 Å². The summed E-state index contributed by atoms with van der Waals surface area (Å²) in [5.41, 5.74) is 2.68. The van der Waals surface area contributed by atoms with Gasteiger partial charge in [-0.05, 0) is 55.1 Å². The Hall–Kier alpha value is -3.19. The first-order chi connectivity index (χ1) is 15.5.